The normalized spacial score (nSPS) is 9.82. The Bertz CT molecular complexity index is 642. The van der Waals surface area contributed by atoms with Gasteiger partial charge in [-0.15, -0.1) is 16.8 Å². The largest absolute Gasteiger partial charge is 0.364 e. The van der Waals surface area contributed by atoms with Gasteiger partial charge in [0.25, 0.3) is 0 Å². The van der Waals surface area contributed by atoms with E-state index in [0.717, 1.165) is 13.1 Å². The molecule has 0 amide bonds. The van der Waals surface area contributed by atoms with Gasteiger partial charge >= 0.3 is 0 Å². The molecule has 2 aromatic rings. The summed E-state index contributed by atoms with van der Waals surface area (Å²) >= 11 is 0. The first-order valence-corrected chi connectivity index (χ1v) is 7.48. The summed E-state index contributed by atoms with van der Waals surface area (Å²) in [6, 6.07) is 15.9. The van der Waals surface area contributed by atoms with Gasteiger partial charge in [-0.1, -0.05) is 35.4 Å². The van der Waals surface area contributed by atoms with Gasteiger partial charge < -0.3 is 4.90 Å². The third-order valence-electron chi connectivity index (χ3n) is 3.47. The molecular weight excluding hydrogens is 421 g/mol. The zero-order valence-electron chi connectivity index (χ0n) is 13.8. The van der Waals surface area contributed by atoms with Crippen LogP contribution in [-0.2, 0) is 0 Å². The molecule has 0 aliphatic heterocycles. The van der Waals surface area contributed by atoms with Crippen LogP contribution >= 0.6 is 0 Å². The number of nitrogens with zero attached hydrogens (tertiary/aromatic N) is 1. The quantitative estimate of drug-likeness (QED) is 0.441. The molecule has 2 rings (SSSR count). The van der Waals surface area contributed by atoms with Crippen LogP contribution in [0.3, 0.4) is 0 Å². The molecular formula is C20H24ErN-. The molecule has 0 saturated carbocycles. The van der Waals surface area contributed by atoms with Gasteiger partial charge in [-0.3, -0.25) is 0 Å². The Morgan fingerprint density at radius 3 is 2.18 bits per heavy atom. The van der Waals surface area contributed by atoms with Crippen molar-refractivity contribution in [3.63, 3.8) is 0 Å². The minimum absolute atomic E-state index is 0. The molecule has 0 heterocycles. The summed E-state index contributed by atoms with van der Waals surface area (Å²) < 4.78 is 0. The topological polar surface area (TPSA) is 3.24 Å². The molecule has 1 nitrogen and oxygen atoms in total. The third-order valence-corrected chi connectivity index (χ3v) is 3.47. The molecule has 0 aromatic heterocycles. The van der Waals surface area contributed by atoms with Crippen LogP contribution in [0.15, 0.2) is 59.7 Å². The smallest absolute Gasteiger partial charge is 0.0365 e. The summed E-state index contributed by atoms with van der Waals surface area (Å²) in [7, 11) is 0. The van der Waals surface area contributed by atoms with Crippen LogP contribution < -0.4 is 4.90 Å². The molecule has 0 N–H and O–H groups in total. The summed E-state index contributed by atoms with van der Waals surface area (Å²) in [5.41, 5.74) is 3.98. The molecule has 0 aliphatic carbocycles. The fourth-order valence-electron chi connectivity index (χ4n) is 2.18. The molecule has 0 aliphatic rings. The molecule has 0 saturated heterocycles. The number of anilines is 1. The Kier molecular flexibility index (Phi) is 8.22. The van der Waals surface area contributed by atoms with Gasteiger partial charge in [-0.2, -0.15) is 24.3 Å². The molecule has 0 radical (unpaired) electrons. The van der Waals surface area contributed by atoms with Crippen LogP contribution in [0.4, 0.5) is 5.69 Å². The van der Waals surface area contributed by atoms with Gasteiger partial charge in [-0.05, 0) is 27.7 Å². The average Bonchev–Trinajstić information content (AvgIpc) is 2.46. The Morgan fingerprint density at radius 2 is 1.59 bits per heavy atom. The average molecular weight is 446 g/mol. The van der Waals surface area contributed by atoms with Crippen molar-refractivity contribution in [2.45, 2.75) is 27.7 Å². The molecule has 2 aromatic carbocycles. The van der Waals surface area contributed by atoms with Crippen molar-refractivity contribution in [3.8, 4) is 0 Å². The van der Waals surface area contributed by atoms with E-state index in [2.05, 4.69) is 75.1 Å². The summed E-state index contributed by atoms with van der Waals surface area (Å²) in [4.78, 5) is 2.40. The number of rotatable bonds is 5. The van der Waals surface area contributed by atoms with Crippen molar-refractivity contribution in [2.24, 2.45) is 0 Å². The Labute approximate surface area is 164 Å². The van der Waals surface area contributed by atoms with Gasteiger partial charge in [-0.25, -0.2) is 0 Å². The first kappa shape index (κ1) is 19.3. The fraction of sp³-hybridized carbons (Fsp3) is 0.300. The van der Waals surface area contributed by atoms with E-state index < -0.39 is 0 Å². The Hall–Kier alpha value is -0.773. The van der Waals surface area contributed by atoms with Crippen LogP contribution in [-0.4, -0.2) is 13.1 Å². The maximum Gasteiger partial charge on any atom is 0.0365 e. The van der Waals surface area contributed by atoms with E-state index in [4.69, 9.17) is 0 Å². The Balaban J connectivity index is 0.00000242. The molecule has 2 heteroatoms. The molecule has 0 bridgehead atoms. The number of fused-ring (bicyclic) bond motifs is 1. The second-order valence-electron chi connectivity index (χ2n) is 5.93. The van der Waals surface area contributed by atoms with Gasteiger partial charge in [0.1, 0.15) is 0 Å². The summed E-state index contributed by atoms with van der Waals surface area (Å²) in [6.45, 7) is 10.5. The number of hydrogen-bond donors (Lipinski definition) is 0. The SMILES string of the molecule is CC(C)=CCN(CC=C(C)C)c1ccc2c[c-]ccc2c1.[Er]. The standard InChI is InChI=1S/C20H24N.Er/c1-16(2)11-13-21(14-12-17(3)4)20-10-9-18-7-5-6-8-19(18)15-20;/h6-12,15H,13-14H2,1-4H3;/q-1;. The monoisotopic (exact) mass is 444 g/mol. The van der Waals surface area contributed by atoms with Crippen LogP contribution in [0.1, 0.15) is 27.7 Å². The van der Waals surface area contributed by atoms with Crippen molar-refractivity contribution in [1.82, 2.24) is 0 Å². The van der Waals surface area contributed by atoms with Gasteiger partial charge in [0.2, 0.25) is 0 Å². The van der Waals surface area contributed by atoms with Crippen molar-refractivity contribution >= 4 is 16.5 Å². The van der Waals surface area contributed by atoms with Crippen LogP contribution in [0.25, 0.3) is 10.8 Å². The Morgan fingerprint density at radius 1 is 0.955 bits per heavy atom. The van der Waals surface area contributed by atoms with E-state index in [-0.39, 0.29) is 37.3 Å². The van der Waals surface area contributed by atoms with E-state index in [1.165, 1.54) is 27.6 Å². The van der Waals surface area contributed by atoms with E-state index >= 15 is 0 Å². The van der Waals surface area contributed by atoms with Gasteiger partial charge in [0.15, 0.2) is 0 Å². The van der Waals surface area contributed by atoms with E-state index in [0.29, 0.717) is 0 Å². The maximum absolute atomic E-state index is 3.13. The van der Waals surface area contributed by atoms with Crippen molar-refractivity contribution < 1.29 is 37.3 Å². The van der Waals surface area contributed by atoms with E-state index in [1.807, 2.05) is 12.1 Å². The van der Waals surface area contributed by atoms with Crippen LogP contribution in [0, 0.1) is 43.4 Å². The second kappa shape index (κ2) is 9.38. The van der Waals surface area contributed by atoms with Crippen molar-refractivity contribution in [2.75, 3.05) is 18.0 Å². The van der Waals surface area contributed by atoms with E-state index in [1.54, 1.807) is 0 Å². The van der Waals surface area contributed by atoms with Gasteiger partial charge in [0.05, 0.1) is 0 Å². The zero-order valence-corrected chi connectivity index (χ0v) is 15.6. The number of allylic oxidation sites excluding steroid dienone is 2. The first-order chi connectivity index (χ1) is 10.1. The molecule has 122 valence electrons. The van der Waals surface area contributed by atoms with Crippen molar-refractivity contribution in [1.29, 1.82) is 0 Å². The number of benzene rings is 2. The fourth-order valence-corrected chi connectivity index (χ4v) is 2.18. The molecule has 0 spiro atoms. The minimum atomic E-state index is 0. The van der Waals surface area contributed by atoms with Gasteiger partial charge in [0, 0.05) is 56.1 Å². The summed E-state index contributed by atoms with van der Waals surface area (Å²) in [5, 5.41) is 2.51. The molecule has 0 atom stereocenters. The predicted octanol–water partition coefficient (Wildman–Crippen LogP) is 5.38. The van der Waals surface area contributed by atoms with Crippen LogP contribution in [0.2, 0.25) is 0 Å². The molecule has 0 unspecified atom stereocenters. The second-order valence-corrected chi connectivity index (χ2v) is 5.93. The molecule has 0 fully saturated rings. The molecule has 22 heavy (non-hydrogen) atoms. The zero-order chi connectivity index (χ0) is 15.2. The maximum atomic E-state index is 3.13. The third kappa shape index (κ3) is 5.79. The summed E-state index contributed by atoms with van der Waals surface area (Å²) in [5.74, 6) is 0. The predicted molar refractivity (Wildman–Crippen MR) is 93.9 cm³/mol. The number of hydrogen-bond acceptors (Lipinski definition) is 1. The van der Waals surface area contributed by atoms with Crippen LogP contribution in [0.5, 0.6) is 0 Å². The van der Waals surface area contributed by atoms with E-state index in [9.17, 15) is 0 Å². The minimum Gasteiger partial charge on any atom is -0.364 e. The van der Waals surface area contributed by atoms with Crippen molar-refractivity contribution in [3.05, 3.63) is 65.8 Å². The summed E-state index contributed by atoms with van der Waals surface area (Å²) in [6.07, 6.45) is 4.56. The first-order valence-electron chi connectivity index (χ1n) is 7.48.